The highest BCUT2D eigenvalue weighted by Gasteiger charge is 2.23. The first kappa shape index (κ1) is 15.0. The van der Waals surface area contributed by atoms with Gasteiger partial charge in [0.25, 0.3) is 11.8 Å². The van der Waals surface area contributed by atoms with Gasteiger partial charge < -0.3 is 15.6 Å². The maximum absolute atomic E-state index is 12.6. The molecule has 0 radical (unpaired) electrons. The fourth-order valence-corrected chi connectivity index (χ4v) is 2.99. The van der Waals surface area contributed by atoms with Crippen LogP contribution in [0.2, 0.25) is 0 Å². The Morgan fingerprint density at radius 2 is 1.96 bits per heavy atom. The number of hydrogen-bond donors (Lipinski definition) is 2. The van der Waals surface area contributed by atoms with E-state index in [2.05, 4.69) is 10.5 Å². The normalized spacial score (nSPS) is 10.5. The molecular weight excluding hydrogens is 314 g/mol. The van der Waals surface area contributed by atoms with E-state index in [-0.39, 0.29) is 5.56 Å². The third-order valence-electron chi connectivity index (χ3n) is 3.29. The SMILES string of the molecule is Cc1onc(-c2ccccc2)c1C(=O)Nc1sccc1C(N)=O. The second-order valence-corrected chi connectivity index (χ2v) is 5.73. The van der Waals surface area contributed by atoms with Crippen LogP contribution >= 0.6 is 11.3 Å². The molecule has 2 aromatic heterocycles. The van der Waals surface area contributed by atoms with Gasteiger partial charge in [-0.15, -0.1) is 11.3 Å². The molecule has 3 N–H and O–H groups in total. The topological polar surface area (TPSA) is 98.2 Å². The predicted octanol–water partition coefficient (Wildman–Crippen LogP) is 3.06. The molecule has 6 nitrogen and oxygen atoms in total. The minimum absolute atomic E-state index is 0.277. The quantitative estimate of drug-likeness (QED) is 0.769. The van der Waals surface area contributed by atoms with Crippen molar-refractivity contribution < 1.29 is 14.1 Å². The van der Waals surface area contributed by atoms with Crippen molar-refractivity contribution in [2.24, 2.45) is 5.73 Å². The van der Waals surface area contributed by atoms with Crippen molar-refractivity contribution in [1.29, 1.82) is 0 Å². The van der Waals surface area contributed by atoms with Gasteiger partial charge in [0.05, 0.1) is 5.56 Å². The molecule has 0 atom stereocenters. The average molecular weight is 327 g/mol. The van der Waals surface area contributed by atoms with Crippen molar-refractivity contribution in [1.82, 2.24) is 5.16 Å². The molecule has 3 aromatic rings. The molecular formula is C16H13N3O3S. The molecule has 7 heteroatoms. The van der Waals surface area contributed by atoms with Crippen molar-refractivity contribution >= 4 is 28.2 Å². The molecule has 2 amide bonds. The highest BCUT2D eigenvalue weighted by Crippen LogP contribution is 2.28. The Balaban J connectivity index is 1.96. The van der Waals surface area contributed by atoms with Crippen LogP contribution in [0.15, 0.2) is 46.3 Å². The molecule has 0 fully saturated rings. The van der Waals surface area contributed by atoms with E-state index in [0.717, 1.165) is 5.56 Å². The lowest BCUT2D eigenvalue weighted by Gasteiger charge is -2.05. The van der Waals surface area contributed by atoms with Crippen LogP contribution in [-0.2, 0) is 0 Å². The lowest BCUT2D eigenvalue weighted by atomic mass is 10.1. The number of nitrogens with two attached hydrogens (primary N) is 1. The summed E-state index contributed by atoms with van der Waals surface area (Å²) >= 11 is 1.23. The van der Waals surface area contributed by atoms with Crippen LogP contribution in [0.5, 0.6) is 0 Å². The number of amides is 2. The largest absolute Gasteiger partial charge is 0.366 e. The number of hydrogen-bond acceptors (Lipinski definition) is 5. The monoisotopic (exact) mass is 327 g/mol. The van der Waals surface area contributed by atoms with Crippen molar-refractivity contribution in [2.45, 2.75) is 6.92 Å². The minimum Gasteiger partial charge on any atom is -0.366 e. The van der Waals surface area contributed by atoms with Crippen LogP contribution in [0.1, 0.15) is 26.5 Å². The predicted molar refractivity (Wildman–Crippen MR) is 87.5 cm³/mol. The van der Waals surface area contributed by atoms with E-state index in [9.17, 15) is 9.59 Å². The first-order chi connectivity index (χ1) is 11.1. The summed E-state index contributed by atoms with van der Waals surface area (Å²) in [7, 11) is 0. The van der Waals surface area contributed by atoms with Crippen molar-refractivity contribution in [2.75, 3.05) is 5.32 Å². The van der Waals surface area contributed by atoms with Gasteiger partial charge in [0.15, 0.2) is 0 Å². The van der Waals surface area contributed by atoms with Gasteiger partial charge in [-0.2, -0.15) is 0 Å². The Bertz CT molecular complexity index is 868. The first-order valence-corrected chi connectivity index (χ1v) is 7.66. The van der Waals surface area contributed by atoms with Gasteiger partial charge in [-0.05, 0) is 18.4 Å². The third-order valence-corrected chi connectivity index (χ3v) is 4.12. The summed E-state index contributed by atoms with van der Waals surface area (Å²) in [5.41, 5.74) is 7.13. The van der Waals surface area contributed by atoms with Crippen LogP contribution < -0.4 is 11.1 Å². The van der Waals surface area contributed by atoms with E-state index in [1.807, 2.05) is 30.3 Å². The van der Waals surface area contributed by atoms with E-state index in [0.29, 0.717) is 22.0 Å². The fraction of sp³-hybridized carbons (Fsp3) is 0.0625. The van der Waals surface area contributed by atoms with E-state index in [1.165, 1.54) is 11.3 Å². The third kappa shape index (κ3) is 2.86. The Labute approximate surface area is 135 Å². The molecule has 1 aromatic carbocycles. The maximum Gasteiger partial charge on any atom is 0.262 e. The number of carbonyl (C=O) groups excluding carboxylic acids is 2. The van der Waals surface area contributed by atoms with Crippen LogP contribution in [0, 0.1) is 6.92 Å². The Morgan fingerprint density at radius 3 is 2.65 bits per heavy atom. The summed E-state index contributed by atoms with van der Waals surface area (Å²) in [6.45, 7) is 1.66. The summed E-state index contributed by atoms with van der Waals surface area (Å²) in [4.78, 5) is 24.0. The maximum atomic E-state index is 12.6. The number of anilines is 1. The van der Waals surface area contributed by atoms with Gasteiger partial charge in [-0.25, -0.2) is 0 Å². The smallest absolute Gasteiger partial charge is 0.262 e. The van der Waals surface area contributed by atoms with Crippen LogP contribution in [-0.4, -0.2) is 17.0 Å². The van der Waals surface area contributed by atoms with Crippen molar-refractivity contribution in [3.63, 3.8) is 0 Å². The number of rotatable bonds is 4. The van der Waals surface area contributed by atoms with E-state index < -0.39 is 11.8 Å². The fourth-order valence-electron chi connectivity index (χ4n) is 2.20. The van der Waals surface area contributed by atoms with Gasteiger partial charge in [0.2, 0.25) is 0 Å². The molecule has 116 valence electrons. The molecule has 0 saturated heterocycles. The van der Waals surface area contributed by atoms with E-state index in [4.69, 9.17) is 10.3 Å². The van der Waals surface area contributed by atoms with Gasteiger partial charge in [-0.1, -0.05) is 35.5 Å². The van der Waals surface area contributed by atoms with Crippen LogP contribution in [0.25, 0.3) is 11.3 Å². The zero-order valence-corrected chi connectivity index (χ0v) is 13.0. The number of aryl methyl sites for hydroxylation is 1. The molecule has 0 aliphatic carbocycles. The lowest BCUT2D eigenvalue weighted by molar-refractivity contribution is 0.100. The van der Waals surface area contributed by atoms with Gasteiger partial charge in [0, 0.05) is 5.56 Å². The average Bonchev–Trinajstić information content (AvgIpc) is 3.14. The second-order valence-electron chi connectivity index (χ2n) is 4.81. The van der Waals surface area contributed by atoms with E-state index in [1.54, 1.807) is 18.4 Å². The van der Waals surface area contributed by atoms with Crippen LogP contribution in [0.3, 0.4) is 0 Å². The Hall–Kier alpha value is -2.93. The number of thiophene rings is 1. The zero-order valence-electron chi connectivity index (χ0n) is 12.2. The summed E-state index contributed by atoms with van der Waals surface area (Å²) in [5.74, 6) is -0.585. The summed E-state index contributed by atoms with van der Waals surface area (Å²) < 4.78 is 5.17. The standard InChI is InChI=1S/C16H13N3O3S/c1-9-12(13(19-22-9)10-5-3-2-4-6-10)15(21)18-16-11(14(17)20)7-8-23-16/h2-8H,1H3,(H2,17,20)(H,18,21). The number of nitrogens with one attached hydrogen (secondary N) is 1. The molecule has 23 heavy (non-hydrogen) atoms. The highest BCUT2D eigenvalue weighted by molar-refractivity contribution is 7.14. The summed E-state index contributed by atoms with van der Waals surface area (Å²) in [6.07, 6.45) is 0. The molecule has 2 heterocycles. The molecule has 3 rings (SSSR count). The van der Waals surface area contributed by atoms with Gasteiger partial charge in [0.1, 0.15) is 22.0 Å². The van der Waals surface area contributed by atoms with Gasteiger partial charge in [-0.3, -0.25) is 9.59 Å². The Morgan fingerprint density at radius 1 is 1.22 bits per heavy atom. The molecule has 0 aliphatic heterocycles. The molecule has 0 saturated carbocycles. The number of benzene rings is 1. The zero-order chi connectivity index (χ0) is 16.4. The number of primary amides is 1. The summed E-state index contributed by atoms with van der Waals surface area (Å²) in [6, 6.07) is 10.8. The summed E-state index contributed by atoms with van der Waals surface area (Å²) in [5, 5.41) is 8.77. The molecule has 0 aliphatic rings. The molecule has 0 bridgehead atoms. The second kappa shape index (κ2) is 6.05. The minimum atomic E-state index is -0.591. The highest BCUT2D eigenvalue weighted by atomic mass is 32.1. The van der Waals surface area contributed by atoms with Crippen LogP contribution in [0.4, 0.5) is 5.00 Å². The number of aromatic nitrogens is 1. The van der Waals surface area contributed by atoms with Crippen molar-refractivity contribution in [3.05, 3.63) is 58.7 Å². The van der Waals surface area contributed by atoms with E-state index >= 15 is 0 Å². The number of nitrogens with zero attached hydrogens (tertiary/aromatic N) is 1. The lowest BCUT2D eigenvalue weighted by Crippen LogP contribution is -2.17. The van der Waals surface area contributed by atoms with Gasteiger partial charge >= 0.3 is 0 Å². The number of carbonyl (C=O) groups is 2. The first-order valence-electron chi connectivity index (χ1n) is 6.78. The molecule has 0 spiro atoms. The molecule has 0 unspecified atom stereocenters. The Kier molecular flexibility index (Phi) is 3.94. The van der Waals surface area contributed by atoms with Crippen molar-refractivity contribution in [3.8, 4) is 11.3 Å².